The third-order valence-corrected chi connectivity index (χ3v) is 13.4. The summed E-state index contributed by atoms with van der Waals surface area (Å²) in [6, 6.07) is 15.7. The van der Waals surface area contributed by atoms with Crippen molar-refractivity contribution in [2.45, 2.75) is 64.3 Å². The van der Waals surface area contributed by atoms with Gasteiger partial charge in [-0.2, -0.15) is 0 Å². The summed E-state index contributed by atoms with van der Waals surface area (Å²) in [5.74, 6) is -0.329. The quantitative estimate of drug-likeness (QED) is 0.165. The maximum absolute atomic E-state index is 11.5. The molecule has 0 radical (unpaired) electrons. The van der Waals surface area contributed by atoms with E-state index < -0.39 is 8.32 Å². The van der Waals surface area contributed by atoms with E-state index >= 15 is 0 Å². The van der Waals surface area contributed by atoms with Crippen LogP contribution in [-0.2, 0) is 26.9 Å². The first kappa shape index (κ1) is 26.8. The largest absolute Gasteiger partial charge is 0.466 e. The van der Waals surface area contributed by atoms with E-state index in [-0.39, 0.29) is 11.0 Å². The third kappa shape index (κ3) is 6.00. The number of aryl methyl sites for hydroxylation is 1. The van der Waals surface area contributed by atoms with Gasteiger partial charge < -0.3 is 9.16 Å². The van der Waals surface area contributed by atoms with E-state index in [0.717, 1.165) is 38.1 Å². The molecule has 4 nitrogen and oxygen atoms in total. The molecule has 0 N–H and O–H groups in total. The summed E-state index contributed by atoms with van der Waals surface area (Å²) in [7, 11) is -0.402. The Hall–Kier alpha value is -2.25. The molecular formula is C30H39NO3SSi. The minimum absolute atomic E-state index is 0.204. The molecule has 0 bridgehead atoms. The summed E-state index contributed by atoms with van der Waals surface area (Å²) >= 11 is 1.83. The number of benzene rings is 2. The Kier molecular flexibility index (Phi) is 8.20. The van der Waals surface area contributed by atoms with Gasteiger partial charge in [-0.05, 0) is 76.1 Å². The molecule has 3 aromatic rings. The Labute approximate surface area is 221 Å². The lowest BCUT2D eigenvalue weighted by molar-refractivity contribution is -0.134. The average molecular weight is 522 g/mol. The molecule has 0 aliphatic heterocycles. The van der Waals surface area contributed by atoms with Gasteiger partial charge in [0.1, 0.15) is 0 Å². The number of fused-ring (bicyclic) bond motifs is 2. The number of rotatable bonds is 9. The smallest absolute Gasteiger partial charge is 0.330 e. The van der Waals surface area contributed by atoms with Gasteiger partial charge in [-0.3, -0.25) is 4.90 Å². The zero-order valence-corrected chi connectivity index (χ0v) is 24.3. The van der Waals surface area contributed by atoms with Crippen LogP contribution in [0.15, 0.2) is 53.9 Å². The standard InChI is InChI=1S/C30H39NO3SSi/c1-30(2,3)36(5,6)34-18-17-31(20-24-21-35-28-10-8-7-9-26(24)28)27-15-13-23-19-22(11-14-25(23)27)12-16-29(32)33-4/h7-12,14,16,19,21,27H,13,15,17-18,20H2,1-6H3/b16-12+. The summed E-state index contributed by atoms with van der Waals surface area (Å²) in [5.41, 5.74) is 5.21. The van der Waals surface area contributed by atoms with Crippen LogP contribution in [-0.4, -0.2) is 39.4 Å². The fraction of sp³-hybridized carbons (Fsp3) is 0.433. The number of carbonyl (C=O) groups excluding carboxylic acids is 1. The summed E-state index contributed by atoms with van der Waals surface area (Å²) in [5, 5.41) is 3.89. The van der Waals surface area contributed by atoms with E-state index in [1.54, 1.807) is 0 Å². The minimum Gasteiger partial charge on any atom is -0.466 e. The third-order valence-electron chi connectivity index (χ3n) is 7.85. The summed E-state index contributed by atoms with van der Waals surface area (Å²) in [6.45, 7) is 14.1. The van der Waals surface area contributed by atoms with Crippen molar-refractivity contribution in [2.24, 2.45) is 0 Å². The average Bonchev–Trinajstić information content (AvgIpc) is 3.45. The highest BCUT2D eigenvalue weighted by atomic mass is 32.1. The van der Waals surface area contributed by atoms with Gasteiger partial charge in [-0.25, -0.2) is 4.79 Å². The van der Waals surface area contributed by atoms with E-state index in [4.69, 9.17) is 9.16 Å². The molecule has 1 aliphatic carbocycles. The maximum atomic E-state index is 11.5. The van der Waals surface area contributed by atoms with Crippen LogP contribution in [0, 0.1) is 0 Å². The normalized spacial score (nSPS) is 16.2. The number of thiophene rings is 1. The van der Waals surface area contributed by atoms with Gasteiger partial charge in [0.15, 0.2) is 8.32 Å². The Balaban J connectivity index is 1.57. The number of hydrogen-bond acceptors (Lipinski definition) is 5. The molecule has 1 atom stereocenters. The molecule has 4 rings (SSSR count). The van der Waals surface area contributed by atoms with E-state index in [1.807, 2.05) is 17.4 Å². The molecule has 2 aromatic carbocycles. The predicted octanol–water partition coefficient (Wildman–Crippen LogP) is 7.60. The fourth-order valence-electron chi connectivity index (χ4n) is 4.68. The first-order valence-corrected chi connectivity index (χ1v) is 16.6. The molecule has 1 unspecified atom stereocenters. The number of carbonyl (C=O) groups is 1. The van der Waals surface area contributed by atoms with Crippen LogP contribution >= 0.6 is 11.3 Å². The molecular weight excluding hydrogens is 482 g/mol. The number of hydrogen-bond donors (Lipinski definition) is 0. The highest BCUT2D eigenvalue weighted by molar-refractivity contribution is 7.17. The predicted molar refractivity (Wildman–Crippen MR) is 154 cm³/mol. The number of nitrogens with zero attached hydrogens (tertiary/aromatic N) is 1. The lowest BCUT2D eigenvalue weighted by Gasteiger charge is -2.37. The van der Waals surface area contributed by atoms with Crippen LogP contribution in [0.5, 0.6) is 0 Å². The summed E-state index contributed by atoms with van der Waals surface area (Å²) in [6.07, 6.45) is 5.47. The van der Waals surface area contributed by atoms with Crippen LogP contribution in [0.1, 0.15) is 55.5 Å². The van der Waals surface area contributed by atoms with Gasteiger partial charge in [0.05, 0.1) is 7.11 Å². The van der Waals surface area contributed by atoms with Gasteiger partial charge in [0, 0.05) is 36.5 Å². The highest BCUT2D eigenvalue weighted by Crippen LogP contribution is 2.39. The number of ether oxygens (including phenoxy) is 1. The lowest BCUT2D eigenvalue weighted by Crippen LogP contribution is -2.43. The number of methoxy groups -OCH3 is 1. The number of esters is 1. The van der Waals surface area contributed by atoms with Gasteiger partial charge >= 0.3 is 5.97 Å². The summed E-state index contributed by atoms with van der Waals surface area (Å²) in [4.78, 5) is 14.1. The van der Waals surface area contributed by atoms with Gasteiger partial charge in [-0.15, -0.1) is 11.3 Å². The maximum Gasteiger partial charge on any atom is 0.330 e. The van der Waals surface area contributed by atoms with E-state index in [2.05, 4.69) is 86.6 Å². The molecule has 36 heavy (non-hydrogen) atoms. The second-order valence-corrected chi connectivity index (χ2v) is 16.9. The molecule has 192 valence electrons. The molecule has 1 aromatic heterocycles. The Morgan fingerprint density at radius 3 is 2.72 bits per heavy atom. The molecule has 0 amide bonds. The van der Waals surface area contributed by atoms with Crippen molar-refractivity contribution >= 4 is 41.8 Å². The molecule has 0 saturated carbocycles. The van der Waals surface area contributed by atoms with Crippen molar-refractivity contribution < 1.29 is 14.0 Å². The minimum atomic E-state index is -1.80. The van der Waals surface area contributed by atoms with E-state index in [1.165, 1.54) is 40.0 Å². The van der Waals surface area contributed by atoms with Crippen LogP contribution in [0.25, 0.3) is 16.2 Å². The van der Waals surface area contributed by atoms with Crippen molar-refractivity contribution in [3.63, 3.8) is 0 Å². The van der Waals surface area contributed by atoms with Crippen LogP contribution in [0.3, 0.4) is 0 Å². The van der Waals surface area contributed by atoms with Crippen LogP contribution < -0.4 is 0 Å². The SMILES string of the molecule is COC(=O)/C=C/c1ccc2c(c1)CCC2N(CCO[Si](C)(C)C(C)(C)C)Cc1csc2ccccc12. The zero-order chi connectivity index (χ0) is 25.9. The summed E-state index contributed by atoms with van der Waals surface area (Å²) < 4.78 is 12.7. The van der Waals surface area contributed by atoms with E-state index in [9.17, 15) is 4.79 Å². The first-order chi connectivity index (χ1) is 17.1. The van der Waals surface area contributed by atoms with Crippen molar-refractivity contribution in [3.8, 4) is 0 Å². The second-order valence-electron chi connectivity index (χ2n) is 11.2. The lowest BCUT2D eigenvalue weighted by atomic mass is 10.0. The molecule has 0 saturated heterocycles. The van der Waals surface area contributed by atoms with Crippen molar-refractivity contribution in [3.05, 3.63) is 76.2 Å². The topological polar surface area (TPSA) is 38.8 Å². The molecule has 1 aliphatic rings. The Morgan fingerprint density at radius 1 is 1.19 bits per heavy atom. The van der Waals surface area contributed by atoms with Crippen LogP contribution in [0.4, 0.5) is 0 Å². The highest BCUT2D eigenvalue weighted by Gasteiger charge is 2.37. The van der Waals surface area contributed by atoms with Gasteiger partial charge in [0.2, 0.25) is 0 Å². The van der Waals surface area contributed by atoms with Crippen molar-refractivity contribution in [1.29, 1.82) is 0 Å². The molecule has 6 heteroatoms. The molecule has 1 heterocycles. The van der Waals surface area contributed by atoms with E-state index in [0.29, 0.717) is 6.04 Å². The van der Waals surface area contributed by atoms with Gasteiger partial charge in [0.25, 0.3) is 0 Å². The monoisotopic (exact) mass is 521 g/mol. The molecule has 0 fully saturated rings. The Morgan fingerprint density at radius 2 is 1.97 bits per heavy atom. The second kappa shape index (κ2) is 11.0. The Bertz CT molecular complexity index is 1240. The fourth-order valence-corrected chi connectivity index (χ4v) is 6.67. The first-order valence-electron chi connectivity index (χ1n) is 12.8. The van der Waals surface area contributed by atoms with Gasteiger partial charge in [-0.1, -0.05) is 57.2 Å². The zero-order valence-electron chi connectivity index (χ0n) is 22.5. The molecule has 0 spiro atoms. The van der Waals surface area contributed by atoms with Crippen molar-refractivity contribution in [2.75, 3.05) is 20.3 Å². The van der Waals surface area contributed by atoms with Crippen LogP contribution in [0.2, 0.25) is 18.1 Å². The van der Waals surface area contributed by atoms with Crippen molar-refractivity contribution in [1.82, 2.24) is 4.90 Å².